The zero-order valence-electron chi connectivity index (χ0n) is 8.63. The van der Waals surface area contributed by atoms with Crippen molar-refractivity contribution >= 4 is 11.8 Å². The molecule has 0 bridgehead atoms. The van der Waals surface area contributed by atoms with E-state index in [-0.39, 0.29) is 0 Å². The van der Waals surface area contributed by atoms with Crippen molar-refractivity contribution in [2.45, 2.75) is 51.4 Å². The van der Waals surface area contributed by atoms with E-state index in [4.69, 9.17) is 0 Å². The fraction of sp³-hybridized carbons (Fsp3) is 1.00. The second kappa shape index (κ2) is 4.52. The van der Waals surface area contributed by atoms with Crippen LogP contribution in [0.1, 0.15) is 34.1 Å². The Morgan fingerprint density at radius 2 is 2.17 bits per heavy atom. The van der Waals surface area contributed by atoms with Crippen LogP contribution in [0.3, 0.4) is 0 Å². The summed E-state index contributed by atoms with van der Waals surface area (Å²) >= 11 is 2.15. The first kappa shape index (κ1) is 10.4. The Hall–Kier alpha value is 0.310. The van der Waals surface area contributed by atoms with Gasteiger partial charge in [-0.2, -0.15) is 11.8 Å². The van der Waals surface area contributed by atoms with E-state index in [9.17, 15) is 0 Å². The Morgan fingerprint density at radius 3 is 2.58 bits per heavy atom. The topological polar surface area (TPSA) is 12.0 Å². The monoisotopic (exact) mass is 187 g/mol. The second-order valence-electron chi connectivity index (χ2n) is 4.09. The van der Waals surface area contributed by atoms with Gasteiger partial charge < -0.3 is 5.32 Å². The van der Waals surface area contributed by atoms with E-state index < -0.39 is 0 Å². The summed E-state index contributed by atoms with van der Waals surface area (Å²) in [6.07, 6.45) is 1.30. The van der Waals surface area contributed by atoms with E-state index in [1.165, 1.54) is 12.2 Å². The number of rotatable bonds is 2. The van der Waals surface area contributed by atoms with Crippen molar-refractivity contribution in [2.75, 3.05) is 5.75 Å². The van der Waals surface area contributed by atoms with Crippen LogP contribution in [0.2, 0.25) is 0 Å². The standard InChI is InChI=1S/C10H21NS/c1-5-10-8(4)11-9(6-12-10)7(2)3/h7-11H,5-6H2,1-4H3. The Labute approximate surface area is 80.7 Å². The summed E-state index contributed by atoms with van der Waals surface area (Å²) in [6, 6.07) is 1.42. The summed E-state index contributed by atoms with van der Waals surface area (Å²) in [5.41, 5.74) is 0. The van der Waals surface area contributed by atoms with Crippen LogP contribution in [-0.4, -0.2) is 23.1 Å². The summed E-state index contributed by atoms with van der Waals surface area (Å²) < 4.78 is 0. The van der Waals surface area contributed by atoms with E-state index in [1.54, 1.807) is 0 Å². The molecule has 3 atom stereocenters. The van der Waals surface area contributed by atoms with Crippen LogP contribution < -0.4 is 5.32 Å². The summed E-state index contributed by atoms with van der Waals surface area (Å²) in [7, 11) is 0. The predicted molar refractivity (Wildman–Crippen MR) is 57.8 cm³/mol. The molecule has 0 aromatic heterocycles. The third-order valence-corrected chi connectivity index (χ3v) is 4.45. The van der Waals surface area contributed by atoms with Crippen molar-refractivity contribution in [3.8, 4) is 0 Å². The molecule has 0 amide bonds. The lowest BCUT2D eigenvalue weighted by Gasteiger charge is -2.36. The van der Waals surface area contributed by atoms with Gasteiger partial charge in [-0.25, -0.2) is 0 Å². The van der Waals surface area contributed by atoms with E-state index >= 15 is 0 Å². The molecule has 1 N–H and O–H groups in total. The van der Waals surface area contributed by atoms with Crippen LogP contribution in [0.5, 0.6) is 0 Å². The van der Waals surface area contributed by atoms with Gasteiger partial charge in [-0.15, -0.1) is 0 Å². The Balaban J connectivity index is 2.40. The summed E-state index contributed by atoms with van der Waals surface area (Å²) in [5, 5.41) is 4.53. The third kappa shape index (κ3) is 2.40. The fourth-order valence-electron chi connectivity index (χ4n) is 1.72. The molecule has 1 nitrogen and oxygen atoms in total. The SMILES string of the molecule is CCC1SCC(C(C)C)NC1C. The first-order chi connectivity index (χ1) is 5.65. The number of hydrogen-bond acceptors (Lipinski definition) is 2. The lowest BCUT2D eigenvalue weighted by atomic mass is 10.0. The zero-order valence-corrected chi connectivity index (χ0v) is 9.45. The molecule has 1 heterocycles. The molecule has 0 spiro atoms. The molecule has 1 saturated heterocycles. The molecule has 0 aromatic carbocycles. The summed E-state index contributed by atoms with van der Waals surface area (Å²) in [4.78, 5) is 0. The van der Waals surface area contributed by atoms with E-state index in [0.717, 1.165) is 17.2 Å². The van der Waals surface area contributed by atoms with Gasteiger partial charge in [-0.1, -0.05) is 20.8 Å². The molecular formula is C10H21NS. The predicted octanol–water partition coefficient (Wildman–Crippen LogP) is 2.51. The fourth-order valence-corrected chi connectivity index (χ4v) is 3.26. The lowest BCUT2D eigenvalue weighted by Crippen LogP contribution is -2.50. The molecule has 3 unspecified atom stereocenters. The highest BCUT2D eigenvalue weighted by Crippen LogP contribution is 2.26. The third-order valence-electron chi connectivity index (χ3n) is 2.73. The van der Waals surface area contributed by atoms with E-state index in [1.807, 2.05) is 0 Å². The lowest BCUT2D eigenvalue weighted by molar-refractivity contribution is 0.367. The van der Waals surface area contributed by atoms with Crippen molar-refractivity contribution in [3.05, 3.63) is 0 Å². The molecule has 2 heteroatoms. The van der Waals surface area contributed by atoms with Crippen LogP contribution in [0.25, 0.3) is 0 Å². The van der Waals surface area contributed by atoms with Crippen molar-refractivity contribution < 1.29 is 0 Å². The molecular weight excluding hydrogens is 166 g/mol. The van der Waals surface area contributed by atoms with E-state index in [2.05, 4.69) is 44.8 Å². The molecule has 1 rings (SSSR count). The second-order valence-corrected chi connectivity index (χ2v) is 5.36. The normalized spacial score (nSPS) is 37.2. The first-order valence-electron chi connectivity index (χ1n) is 5.02. The molecule has 1 aliphatic rings. The van der Waals surface area contributed by atoms with Crippen LogP contribution in [0, 0.1) is 5.92 Å². The average Bonchev–Trinajstić information content (AvgIpc) is 2.04. The van der Waals surface area contributed by atoms with Gasteiger partial charge in [0.05, 0.1) is 0 Å². The largest absolute Gasteiger partial charge is 0.309 e. The van der Waals surface area contributed by atoms with Gasteiger partial charge in [0, 0.05) is 23.1 Å². The van der Waals surface area contributed by atoms with Gasteiger partial charge in [0.15, 0.2) is 0 Å². The Kier molecular flexibility index (Phi) is 3.91. The molecule has 0 aromatic rings. The Bertz CT molecular complexity index is 136. The van der Waals surface area contributed by atoms with Crippen molar-refractivity contribution in [2.24, 2.45) is 5.92 Å². The minimum Gasteiger partial charge on any atom is -0.309 e. The molecule has 0 aliphatic carbocycles. The molecule has 1 aliphatic heterocycles. The van der Waals surface area contributed by atoms with Crippen LogP contribution in [-0.2, 0) is 0 Å². The maximum Gasteiger partial charge on any atom is 0.0196 e. The van der Waals surface area contributed by atoms with Gasteiger partial charge in [-0.05, 0) is 19.3 Å². The van der Waals surface area contributed by atoms with Gasteiger partial charge >= 0.3 is 0 Å². The van der Waals surface area contributed by atoms with Crippen LogP contribution >= 0.6 is 11.8 Å². The molecule has 1 fully saturated rings. The van der Waals surface area contributed by atoms with Gasteiger partial charge in [0.2, 0.25) is 0 Å². The number of thioether (sulfide) groups is 1. The maximum atomic E-state index is 3.70. The van der Waals surface area contributed by atoms with Crippen molar-refractivity contribution in [1.82, 2.24) is 5.32 Å². The quantitative estimate of drug-likeness (QED) is 0.713. The molecule has 0 saturated carbocycles. The highest BCUT2D eigenvalue weighted by molar-refractivity contribution is 8.00. The van der Waals surface area contributed by atoms with Crippen LogP contribution in [0.4, 0.5) is 0 Å². The highest BCUT2D eigenvalue weighted by Gasteiger charge is 2.27. The molecule has 0 radical (unpaired) electrons. The Morgan fingerprint density at radius 1 is 1.50 bits per heavy atom. The van der Waals surface area contributed by atoms with Gasteiger partial charge in [0.25, 0.3) is 0 Å². The van der Waals surface area contributed by atoms with Crippen LogP contribution in [0.15, 0.2) is 0 Å². The maximum absolute atomic E-state index is 3.70. The minimum atomic E-state index is 0.696. The first-order valence-corrected chi connectivity index (χ1v) is 6.07. The molecule has 72 valence electrons. The summed E-state index contributed by atoms with van der Waals surface area (Å²) in [6.45, 7) is 9.20. The van der Waals surface area contributed by atoms with E-state index in [0.29, 0.717) is 6.04 Å². The highest BCUT2D eigenvalue weighted by atomic mass is 32.2. The average molecular weight is 187 g/mol. The summed E-state index contributed by atoms with van der Waals surface area (Å²) in [5.74, 6) is 2.07. The number of hydrogen-bond donors (Lipinski definition) is 1. The smallest absolute Gasteiger partial charge is 0.0196 e. The molecule has 12 heavy (non-hydrogen) atoms. The van der Waals surface area contributed by atoms with Gasteiger partial charge in [0.1, 0.15) is 0 Å². The van der Waals surface area contributed by atoms with Gasteiger partial charge in [-0.3, -0.25) is 0 Å². The zero-order chi connectivity index (χ0) is 9.14. The van der Waals surface area contributed by atoms with Crippen molar-refractivity contribution in [3.63, 3.8) is 0 Å². The minimum absolute atomic E-state index is 0.696. The number of nitrogens with one attached hydrogen (secondary N) is 1. The van der Waals surface area contributed by atoms with Crippen molar-refractivity contribution in [1.29, 1.82) is 0 Å².